The second-order valence-electron chi connectivity index (χ2n) is 3.75. The molecule has 0 amide bonds. The van der Waals surface area contributed by atoms with Crippen LogP contribution in [0.25, 0.3) is 0 Å². The summed E-state index contributed by atoms with van der Waals surface area (Å²) < 4.78 is 8.00. The van der Waals surface area contributed by atoms with Gasteiger partial charge in [0.2, 0.25) is 0 Å². The fourth-order valence-corrected chi connectivity index (χ4v) is 1.58. The van der Waals surface area contributed by atoms with Gasteiger partial charge < -0.3 is 10.5 Å². The van der Waals surface area contributed by atoms with Crippen LogP contribution in [0.2, 0.25) is 0 Å². The van der Waals surface area contributed by atoms with E-state index in [9.17, 15) is 4.79 Å². The highest BCUT2D eigenvalue weighted by Crippen LogP contribution is 2.21. The number of nitrogens with two attached hydrogens (primary N) is 1. The number of aryl methyl sites for hydroxylation is 1. The lowest BCUT2D eigenvalue weighted by molar-refractivity contribution is 0.407. The summed E-state index contributed by atoms with van der Waals surface area (Å²) in [4.78, 5) is 11.6. The Morgan fingerprint density at radius 2 is 2.24 bits per heavy atom. The Bertz CT molecular complexity index is 585. The predicted molar refractivity (Wildman–Crippen MR) is 64.0 cm³/mol. The summed E-state index contributed by atoms with van der Waals surface area (Å²) >= 11 is 0. The molecule has 1 heterocycles. The maximum atomic E-state index is 11.6. The lowest BCUT2D eigenvalue weighted by atomic mass is 10.2. The molecule has 6 heteroatoms. The molecule has 90 valence electrons. The Morgan fingerprint density at radius 3 is 2.82 bits per heavy atom. The number of rotatable bonds is 3. The lowest BCUT2D eigenvalue weighted by Gasteiger charge is -2.08. The SMILES string of the molecule is COc1cc(N)ccc1Cn1ncn(C)c1=O. The second-order valence-corrected chi connectivity index (χ2v) is 3.75. The number of nitrogens with zero attached hydrogens (tertiary/aromatic N) is 3. The van der Waals surface area contributed by atoms with Crippen molar-refractivity contribution in [2.75, 3.05) is 12.8 Å². The molecule has 17 heavy (non-hydrogen) atoms. The number of nitrogen functional groups attached to an aromatic ring is 1. The van der Waals surface area contributed by atoms with Crippen molar-refractivity contribution >= 4 is 5.69 Å². The molecule has 0 saturated heterocycles. The number of anilines is 1. The highest BCUT2D eigenvalue weighted by Gasteiger charge is 2.07. The molecule has 0 atom stereocenters. The van der Waals surface area contributed by atoms with Crippen LogP contribution in [-0.4, -0.2) is 21.5 Å². The standard InChI is InChI=1S/C11H14N4O2/c1-14-7-13-15(11(14)16)6-8-3-4-9(12)5-10(8)17-2/h3-5,7H,6,12H2,1-2H3. The maximum Gasteiger partial charge on any atom is 0.345 e. The van der Waals surface area contributed by atoms with Crippen LogP contribution in [0.5, 0.6) is 5.75 Å². The van der Waals surface area contributed by atoms with Crippen molar-refractivity contribution in [3.05, 3.63) is 40.6 Å². The fraction of sp³-hybridized carbons (Fsp3) is 0.273. The van der Waals surface area contributed by atoms with Crippen LogP contribution in [0.1, 0.15) is 5.56 Å². The molecule has 0 saturated carbocycles. The average Bonchev–Trinajstić information content (AvgIpc) is 2.63. The average molecular weight is 234 g/mol. The number of ether oxygens (including phenoxy) is 1. The first-order valence-corrected chi connectivity index (χ1v) is 5.12. The van der Waals surface area contributed by atoms with Crippen LogP contribution < -0.4 is 16.2 Å². The van der Waals surface area contributed by atoms with Crippen LogP contribution in [-0.2, 0) is 13.6 Å². The summed E-state index contributed by atoms with van der Waals surface area (Å²) in [7, 11) is 3.23. The van der Waals surface area contributed by atoms with E-state index in [4.69, 9.17) is 10.5 Å². The van der Waals surface area contributed by atoms with Crippen LogP contribution in [0.15, 0.2) is 29.3 Å². The number of hydrogen-bond donors (Lipinski definition) is 1. The lowest BCUT2D eigenvalue weighted by Crippen LogP contribution is -2.23. The van der Waals surface area contributed by atoms with E-state index in [1.165, 1.54) is 15.6 Å². The van der Waals surface area contributed by atoms with Gasteiger partial charge in [-0.05, 0) is 6.07 Å². The van der Waals surface area contributed by atoms with Gasteiger partial charge in [0.05, 0.1) is 13.7 Å². The number of benzene rings is 1. The summed E-state index contributed by atoms with van der Waals surface area (Å²) in [6, 6.07) is 5.32. The van der Waals surface area contributed by atoms with Crippen molar-refractivity contribution in [2.45, 2.75) is 6.54 Å². The van der Waals surface area contributed by atoms with Crippen molar-refractivity contribution in [1.82, 2.24) is 14.3 Å². The normalized spacial score (nSPS) is 10.5. The van der Waals surface area contributed by atoms with E-state index in [2.05, 4.69) is 5.10 Å². The van der Waals surface area contributed by atoms with Gasteiger partial charge in [-0.2, -0.15) is 5.10 Å². The van der Waals surface area contributed by atoms with Crippen molar-refractivity contribution in [1.29, 1.82) is 0 Å². The van der Waals surface area contributed by atoms with E-state index >= 15 is 0 Å². The first kappa shape index (κ1) is 11.3. The predicted octanol–water partition coefficient (Wildman–Crippen LogP) is 0.221. The number of aromatic nitrogens is 3. The molecule has 0 radical (unpaired) electrons. The van der Waals surface area contributed by atoms with Gasteiger partial charge in [0.1, 0.15) is 12.1 Å². The van der Waals surface area contributed by atoms with E-state index in [1.807, 2.05) is 6.07 Å². The highest BCUT2D eigenvalue weighted by atomic mass is 16.5. The van der Waals surface area contributed by atoms with Crippen molar-refractivity contribution < 1.29 is 4.74 Å². The van der Waals surface area contributed by atoms with Crippen LogP contribution in [0, 0.1) is 0 Å². The summed E-state index contributed by atoms with van der Waals surface area (Å²) in [5.74, 6) is 0.655. The molecular formula is C11H14N4O2. The minimum absolute atomic E-state index is 0.163. The molecule has 2 aromatic rings. The minimum Gasteiger partial charge on any atom is -0.496 e. The molecule has 0 bridgehead atoms. The molecule has 0 aliphatic heterocycles. The molecule has 0 spiro atoms. The zero-order valence-electron chi connectivity index (χ0n) is 9.75. The molecule has 1 aromatic carbocycles. The monoisotopic (exact) mass is 234 g/mol. The van der Waals surface area contributed by atoms with E-state index < -0.39 is 0 Å². The topological polar surface area (TPSA) is 75.1 Å². The van der Waals surface area contributed by atoms with Gasteiger partial charge in [-0.1, -0.05) is 6.07 Å². The van der Waals surface area contributed by atoms with Crippen molar-refractivity contribution in [2.24, 2.45) is 7.05 Å². The first-order valence-electron chi connectivity index (χ1n) is 5.12. The summed E-state index contributed by atoms with van der Waals surface area (Å²) in [5.41, 5.74) is 6.99. The summed E-state index contributed by atoms with van der Waals surface area (Å²) in [5, 5.41) is 3.99. The Balaban J connectivity index is 2.36. The van der Waals surface area contributed by atoms with Gasteiger partial charge in [-0.3, -0.25) is 4.57 Å². The van der Waals surface area contributed by atoms with E-state index in [0.717, 1.165) is 5.56 Å². The Morgan fingerprint density at radius 1 is 1.47 bits per heavy atom. The first-order chi connectivity index (χ1) is 8.11. The third-order valence-corrected chi connectivity index (χ3v) is 2.52. The van der Waals surface area contributed by atoms with Gasteiger partial charge in [0.25, 0.3) is 0 Å². The molecule has 0 unspecified atom stereocenters. The van der Waals surface area contributed by atoms with Gasteiger partial charge >= 0.3 is 5.69 Å². The number of hydrogen-bond acceptors (Lipinski definition) is 4. The summed E-state index contributed by atoms with van der Waals surface area (Å²) in [6.07, 6.45) is 1.48. The van der Waals surface area contributed by atoms with Crippen LogP contribution in [0.4, 0.5) is 5.69 Å². The maximum absolute atomic E-state index is 11.6. The molecule has 2 N–H and O–H groups in total. The van der Waals surface area contributed by atoms with Crippen LogP contribution >= 0.6 is 0 Å². The Labute approximate surface area is 98.2 Å². The van der Waals surface area contributed by atoms with Crippen LogP contribution in [0.3, 0.4) is 0 Å². The van der Waals surface area contributed by atoms with Gasteiger partial charge in [-0.25, -0.2) is 9.48 Å². The zero-order chi connectivity index (χ0) is 12.4. The largest absolute Gasteiger partial charge is 0.496 e. The molecule has 0 aliphatic rings. The fourth-order valence-electron chi connectivity index (χ4n) is 1.58. The third kappa shape index (κ3) is 2.15. The smallest absolute Gasteiger partial charge is 0.345 e. The molecule has 0 fully saturated rings. The zero-order valence-corrected chi connectivity index (χ0v) is 9.75. The molecular weight excluding hydrogens is 220 g/mol. The number of methoxy groups -OCH3 is 1. The van der Waals surface area contributed by atoms with Crippen molar-refractivity contribution in [3.8, 4) is 5.75 Å². The van der Waals surface area contributed by atoms with E-state index in [-0.39, 0.29) is 5.69 Å². The van der Waals surface area contributed by atoms with Gasteiger partial charge in [0, 0.05) is 24.4 Å². The van der Waals surface area contributed by atoms with Gasteiger partial charge in [0.15, 0.2) is 0 Å². The highest BCUT2D eigenvalue weighted by molar-refractivity contribution is 5.48. The molecule has 6 nitrogen and oxygen atoms in total. The minimum atomic E-state index is -0.163. The second kappa shape index (κ2) is 4.32. The Hall–Kier alpha value is -2.24. The van der Waals surface area contributed by atoms with E-state index in [1.54, 1.807) is 26.3 Å². The third-order valence-electron chi connectivity index (χ3n) is 2.52. The molecule has 0 aliphatic carbocycles. The molecule has 1 aromatic heterocycles. The quantitative estimate of drug-likeness (QED) is 0.771. The van der Waals surface area contributed by atoms with Gasteiger partial charge in [-0.15, -0.1) is 0 Å². The van der Waals surface area contributed by atoms with Crippen molar-refractivity contribution in [3.63, 3.8) is 0 Å². The summed E-state index contributed by atoms with van der Waals surface area (Å²) in [6.45, 7) is 0.364. The molecule has 2 rings (SSSR count). The van der Waals surface area contributed by atoms with E-state index in [0.29, 0.717) is 18.0 Å². The Kier molecular flexibility index (Phi) is 2.86.